The molecular formula is C14H18NO. The summed E-state index contributed by atoms with van der Waals surface area (Å²) in [6, 6.07) is 7.81. The molecule has 1 saturated heterocycles. The van der Waals surface area contributed by atoms with E-state index in [4.69, 9.17) is 0 Å². The van der Waals surface area contributed by atoms with Crippen molar-refractivity contribution in [2.24, 2.45) is 5.92 Å². The monoisotopic (exact) mass is 216 g/mol. The second-order valence-corrected chi connectivity index (χ2v) is 4.61. The lowest BCUT2D eigenvalue weighted by Crippen LogP contribution is -2.37. The zero-order chi connectivity index (χ0) is 11.5. The summed E-state index contributed by atoms with van der Waals surface area (Å²) >= 11 is 0. The first-order valence-corrected chi connectivity index (χ1v) is 5.86. The molecule has 0 N–H and O–H groups in total. The second kappa shape index (κ2) is 4.69. The maximum absolute atomic E-state index is 12.2. The van der Waals surface area contributed by atoms with Crippen LogP contribution < -0.4 is 0 Å². The van der Waals surface area contributed by atoms with Gasteiger partial charge in [-0.2, -0.15) is 0 Å². The van der Waals surface area contributed by atoms with Gasteiger partial charge in [-0.3, -0.25) is 4.79 Å². The van der Waals surface area contributed by atoms with Crippen molar-refractivity contribution >= 4 is 5.91 Å². The van der Waals surface area contributed by atoms with E-state index in [0.29, 0.717) is 5.92 Å². The van der Waals surface area contributed by atoms with E-state index in [9.17, 15) is 4.79 Å². The van der Waals surface area contributed by atoms with Crippen molar-refractivity contribution in [2.75, 3.05) is 13.1 Å². The molecule has 1 radical (unpaired) electrons. The molecule has 0 saturated carbocycles. The van der Waals surface area contributed by atoms with Gasteiger partial charge in [0.25, 0.3) is 5.91 Å². The molecule has 85 valence electrons. The van der Waals surface area contributed by atoms with E-state index < -0.39 is 0 Å². The van der Waals surface area contributed by atoms with Crippen LogP contribution in [0.2, 0.25) is 0 Å². The van der Waals surface area contributed by atoms with Gasteiger partial charge >= 0.3 is 0 Å². The topological polar surface area (TPSA) is 20.3 Å². The highest BCUT2D eigenvalue weighted by atomic mass is 16.2. The molecule has 0 aromatic heterocycles. The summed E-state index contributed by atoms with van der Waals surface area (Å²) in [4.78, 5) is 14.1. The number of nitrogens with zero attached hydrogens (tertiary/aromatic N) is 1. The Hall–Kier alpha value is -1.31. The summed E-state index contributed by atoms with van der Waals surface area (Å²) in [5.74, 6) is 0.678. The maximum Gasteiger partial charge on any atom is 0.253 e. The zero-order valence-corrected chi connectivity index (χ0v) is 9.78. The van der Waals surface area contributed by atoms with Crippen LogP contribution in [0.5, 0.6) is 0 Å². The maximum atomic E-state index is 12.2. The van der Waals surface area contributed by atoms with Crippen molar-refractivity contribution in [3.63, 3.8) is 0 Å². The number of hydrogen-bond donors (Lipinski definition) is 0. The lowest BCUT2D eigenvalue weighted by atomic mass is 9.98. The number of piperidine rings is 1. The van der Waals surface area contributed by atoms with Crippen molar-refractivity contribution in [1.82, 2.24) is 4.90 Å². The van der Waals surface area contributed by atoms with Gasteiger partial charge in [0.1, 0.15) is 0 Å². The molecule has 0 aliphatic carbocycles. The van der Waals surface area contributed by atoms with Crippen molar-refractivity contribution in [3.05, 3.63) is 42.3 Å². The molecule has 2 heteroatoms. The van der Waals surface area contributed by atoms with Crippen molar-refractivity contribution in [3.8, 4) is 0 Å². The Labute approximate surface area is 97.3 Å². The Morgan fingerprint density at radius 1 is 1.38 bits per heavy atom. The Morgan fingerprint density at radius 2 is 2.06 bits per heavy atom. The fraction of sp³-hybridized carbons (Fsp3) is 0.429. The SMILES string of the molecule is [CH2]C1CCN(C(=O)c2cccc(C)c2)CC1. The van der Waals surface area contributed by atoms with Gasteiger partial charge < -0.3 is 4.90 Å². The highest BCUT2D eigenvalue weighted by Gasteiger charge is 2.21. The second-order valence-electron chi connectivity index (χ2n) is 4.61. The van der Waals surface area contributed by atoms with Crippen LogP contribution in [0.1, 0.15) is 28.8 Å². The third-order valence-corrected chi connectivity index (χ3v) is 3.17. The van der Waals surface area contributed by atoms with Gasteiger partial charge in [-0.1, -0.05) is 24.6 Å². The van der Waals surface area contributed by atoms with Crippen molar-refractivity contribution in [2.45, 2.75) is 19.8 Å². The van der Waals surface area contributed by atoms with Crippen LogP contribution in [0.4, 0.5) is 0 Å². The van der Waals surface area contributed by atoms with Crippen LogP contribution in [0.25, 0.3) is 0 Å². The Bertz CT molecular complexity index is 378. The standard InChI is InChI=1S/C14H18NO/c1-11-6-8-15(9-7-11)14(16)13-5-3-4-12(2)10-13/h3-5,10-11H,1,6-9H2,2H3. The molecule has 0 spiro atoms. The number of likely N-dealkylation sites (tertiary alicyclic amines) is 1. The number of carbonyl (C=O) groups is 1. The molecule has 1 aromatic carbocycles. The Morgan fingerprint density at radius 3 is 2.69 bits per heavy atom. The van der Waals surface area contributed by atoms with Crippen molar-refractivity contribution < 1.29 is 4.79 Å². The molecule has 0 atom stereocenters. The third kappa shape index (κ3) is 2.43. The van der Waals surface area contributed by atoms with Crippen LogP contribution in [0.3, 0.4) is 0 Å². The minimum Gasteiger partial charge on any atom is -0.339 e. The normalized spacial score (nSPS) is 17.5. The summed E-state index contributed by atoms with van der Waals surface area (Å²) < 4.78 is 0. The van der Waals surface area contributed by atoms with Crippen LogP contribution >= 0.6 is 0 Å². The molecule has 1 fully saturated rings. The summed E-state index contributed by atoms with van der Waals surface area (Å²) in [5, 5.41) is 0. The minimum absolute atomic E-state index is 0.163. The Kier molecular flexibility index (Phi) is 3.28. The largest absolute Gasteiger partial charge is 0.339 e. The van der Waals surface area contributed by atoms with E-state index >= 15 is 0 Å². The molecule has 2 nitrogen and oxygen atoms in total. The van der Waals surface area contributed by atoms with Gasteiger partial charge in [0.15, 0.2) is 0 Å². The first-order chi connectivity index (χ1) is 7.66. The quantitative estimate of drug-likeness (QED) is 0.706. The highest BCUT2D eigenvalue weighted by molar-refractivity contribution is 5.94. The van der Waals surface area contributed by atoms with Gasteiger partial charge in [-0.15, -0.1) is 0 Å². The van der Waals surface area contributed by atoms with E-state index in [1.807, 2.05) is 36.1 Å². The van der Waals surface area contributed by atoms with Gasteiger partial charge in [-0.05, 0) is 37.8 Å². The van der Waals surface area contributed by atoms with E-state index in [1.54, 1.807) is 0 Å². The first-order valence-electron chi connectivity index (χ1n) is 5.86. The molecule has 0 bridgehead atoms. The predicted octanol–water partition coefficient (Wildman–Crippen LogP) is 2.68. The summed E-state index contributed by atoms with van der Waals surface area (Å²) in [6.45, 7) is 7.75. The number of amides is 1. The van der Waals surface area contributed by atoms with E-state index in [-0.39, 0.29) is 5.91 Å². The van der Waals surface area contributed by atoms with E-state index in [2.05, 4.69) is 6.92 Å². The minimum atomic E-state index is 0.163. The van der Waals surface area contributed by atoms with Gasteiger partial charge in [0.05, 0.1) is 0 Å². The zero-order valence-electron chi connectivity index (χ0n) is 9.78. The van der Waals surface area contributed by atoms with E-state index in [0.717, 1.165) is 37.1 Å². The summed E-state index contributed by atoms with van der Waals surface area (Å²) in [6.07, 6.45) is 2.05. The Balaban J connectivity index is 2.08. The summed E-state index contributed by atoms with van der Waals surface area (Å²) in [5.41, 5.74) is 1.94. The molecule has 2 rings (SSSR count). The lowest BCUT2D eigenvalue weighted by Gasteiger charge is -2.30. The van der Waals surface area contributed by atoms with Crippen LogP contribution in [-0.2, 0) is 0 Å². The molecule has 16 heavy (non-hydrogen) atoms. The average molecular weight is 216 g/mol. The number of benzene rings is 1. The lowest BCUT2D eigenvalue weighted by molar-refractivity contribution is 0.0704. The van der Waals surface area contributed by atoms with Gasteiger partial charge in [-0.25, -0.2) is 0 Å². The van der Waals surface area contributed by atoms with Crippen LogP contribution in [0.15, 0.2) is 24.3 Å². The summed E-state index contributed by atoms with van der Waals surface area (Å²) in [7, 11) is 0. The average Bonchev–Trinajstić information content (AvgIpc) is 2.29. The fourth-order valence-electron chi connectivity index (χ4n) is 2.10. The predicted molar refractivity (Wildman–Crippen MR) is 65.2 cm³/mol. The number of rotatable bonds is 1. The van der Waals surface area contributed by atoms with Crippen LogP contribution in [0, 0.1) is 19.8 Å². The first kappa shape index (κ1) is 11.2. The third-order valence-electron chi connectivity index (χ3n) is 3.17. The molecule has 1 aliphatic rings. The molecular weight excluding hydrogens is 198 g/mol. The number of aryl methyl sites for hydroxylation is 1. The van der Waals surface area contributed by atoms with Crippen molar-refractivity contribution in [1.29, 1.82) is 0 Å². The van der Waals surface area contributed by atoms with Crippen LogP contribution in [-0.4, -0.2) is 23.9 Å². The number of carbonyl (C=O) groups excluding carboxylic acids is 1. The molecule has 1 heterocycles. The smallest absolute Gasteiger partial charge is 0.253 e. The number of hydrogen-bond acceptors (Lipinski definition) is 1. The van der Waals surface area contributed by atoms with Gasteiger partial charge in [0, 0.05) is 18.7 Å². The molecule has 1 aliphatic heterocycles. The molecule has 1 aromatic rings. The molecule has 0 unspecified atom stereocenters. The fourth-order valence-corrected chi connectivity index (χ4v) is 2.10. The highest BCUT2D eigenvalue weighted by Crippen LogP contribution is 2.18. The van der Waals surface area contributed by atoms with E-state index in [1.165, 1.54) is 0 Å². The van der Waals surface area contributed by atoms with Gasteiger partial charge in [0.2, 0.25) is 0 Å². The molecule has 1 amide bonds.